The SMILES string of the molecule is CC(=O)O[C@H]1CC[C@H]2[C@H]3CC[C@H]4C[C@@H](c5ccccc5)CC[C@]4(C)[C@@H]3CC[C@]12C. The zero-order valence-corrected chi connectivity index (χ0v) is 18.5. The average Bonchev–Trinajstić information content (AvgIpc) is 3.04. The van der Waals surface area contributed by atoms with Gasteiger partial charge in [-0.2, -0.15) is 0 Å². The Bertz CT molecular complexity index is 757. The van der Waals surface area contributed by atoms with Crippen molar-refractivity contribution in [2.45, 2.75) is 90.6 Å². The van der Waals surface area contributed by atoms with Gasteiger partial charge in [0, 0.05) is 12.3 Å². The van der Waals surface area contributed by atoms with E-state index in [0.717, 1.165) is 36.0 Å². The van der Waals surface area contributed by atoms with Crippen LogP contribution in [0.3, 0.4) is 0 Å². The first-order valence-corrected chi connectivity index (χ1v) is 12.1. The molecule has 0 heterocycles. The predicted octanol–water partition coefficient (Wildman–Crippen LogP) is 6.74. The van der Waals surface area contributed by atoms with Gasteiger partial charge in [-0.1, -0.05) is 44.2 Å². The van der Waals surface area contributed by atoms with E-state index in [1.165, 1.54) is 51.4 Å². The molecular weight excluding hydrogens is 356 g/mol. The van der Waals surface area contributed by atoms with Crippen molar-refractivity contribution in [3.05, 3.63) is 35.9 Å². The summed E-state index contributed by atoms with van der Waals surface area (Å²) in [5, 5.41) is 0. The summed E-state index contributed by atoms with van der Waals surface area (Å²) in [6, 6.07) is 11.3. The van der Waals surface area contributed by atoms with Crippen LogP contribution in [0, 0.1) is 34.5 Å². The molecule has 0 spiro atoms. The third-order valence-electron chi connectivity index (χ3n) is 10.2. The second-order valence-corrected chi connectivity index (χ2v) is 11.3. The Morgan fingerprint density at radius 2 is 1.62 bits per heavy atom. The first kappa shape index (κ1) is 19.6. The molecule has 0 bridgehead atoms. The van der Waals surface area contributed by atoms with Gasteiger partial charge in [0.2, 0.25) is 0 Å². The molecule has 0 amide bonds. The topological polar surface area (TPSA) is 26.3 Å². The minimum atomic E-state index is -0.0890. The van der Waals surface area contributed by atoms with Gasteiger partial charge in [0.15, 0.2) is 0 Å². The summed E-state index contributed by atoms with van der Waals surface area (Å²) in [7, 11) is 0. The lowest BCUT2D eigenvalue weighted by Gasteiger charge is -2.61. The highest BCUT2D eigenvalue weighted by molar-refractivity contribution is 5.66. The van der Waals surface area contributed by atoms with Gasteiger partial charge in [-0.05, 0) is 98.4 Å². The zero-order chi connectivity index (χ0) is 20.2. The standard InChI is InChI=1S/C27H38O2/c1-18(28)29-25-12-11-23-22-10-9-21-17-20(19-7-5-4-6-8-19)13-15-26(21,2)24(22)14-16-27(23,25)3/h4-8,20-25H,9-17H2,1-3H3/t20-,21-,22+,23-,24+,25-,26-,27-/m0/s1. The molecule has 158 valence electrons. The Kier molecular flexibility index (Phi) is 4.83. The van der Waals surface area contributed by atoms with Gasteiger partial charge in [0.1, 0.15) is 6.10 Å². The molecule has 0 saturated heterocycles. The molecule has 1 aromatic carbocycles. The number of carbonyl (C=O) groups is 1. The Morgan fingerprint density at radius 3 is 2.38 bits per heavy atom. The van der Waals surface area contributed by atoms with Crippen molar-refractivity contribution in [1.29, 1.82) is 0 Å². The number of carbonyl (C=O) groups excluding carboxylic acids is 1. The van der Waals surface area contributed by atoms with Crippen LogP contribution in [0.5, 0.6) is 0 Å². The number of hydrogen-bond acceptors (Lipinski definition) is 2. The normalized spacial score (nSPS) is 46.3. The highest BCUT2D eigenvalue weighted by Gasteiger charge is 2.61. The van der Waals surface area contributed by atoms with Crippen LogP contribution in [0.15, 0.2) is 30.3 Å². The van der Waals surface area contributed by atoms with Crippen molar-refractivity contribution >= 4 is 5.97 Å². The minimum absolute atomic E-state index is 0.0890. The molecule has 5 rings (SSSR count). The van der Waals surface area contributed by atoms with Crippen LogP contribution in [0.2, 0.25) is 0 Å². The fourth-order valence-corrected chi connectivity index (χ4v) is 8.63. The minimum Gasteiger partial charge on any atom is -0.462 e. The lowest BCUT2D eigenvalue weighted by atomic mass is 9.44. The van der Waals surface area contributed by atoms with Crippen LogP contribution in [-0.4, -0.2) is 12.1 Å². The summed E-state index contributed by atoms with van der Waals surface area (Å²) in [6.45, 7) is 6.67. The van der Waals surface area contributed by atoms with Crippen LogP contribution in [-0.2, 0) is 9.53 Å². The van der Waals surface area contributed by atoms with Gasteiger partial charge in [-0.3, -0.25) is 4.79 Å². The van der Waals surface area contributed by atoms with Crippen molar-refractivity contribution in [3.8, 4) is 0 Å². The van der Waals surface area contributed by atoms with Gasteiger partial charge in [0.05, 0.1) is 0 Å². The van der Waals surface area contributed by atoms with Gasteiger partial charge in [-0.15, -0.1) is 0 Å². The van der Waals surface area contributed by atoms with Crippen molar-refractivity contribution < 1.29 is 9.53 Å². The highest BCUT2D eigenvalue weighted by Crippen LogP contribution is 2.67. The molecule has 0 aromatic heterocycles. The maximum atomic E-state index is 11.7. The molecule has 4 aliphatic rings. The van der Waals surface area contributed by atoms with Crippen LogP contribution >= 0.6 is 0 Å². The zero-order valence-electron chi connectivity index (χ0n) is 18.5. The predicted molar refractivity (Wildman–Crippen MR) is 116 cm³/mol. The molecule has 4 saturated carbocycles. The highest BCUT2D eigenvalue weighted by atomic mass is 16.5. The van der Waals surface area contributed by atoms with Crippen molar-refractivity contribution in [2.24, 2.45) is 34.5 Å². The molecule has 2 nitrogen and oxygen atoms in total. The molecule has 8 atom stereocenters. The maximum absolute atomic E-state index is 11.7. The lowest BCUT2D eigenvalue weighted by molar-refractivity contribution is -0.161. The molecule has 4 fully saturated rings. The number of ether oxygens (including phenoxy) is 1. The van der Waals surface area contributed by atoms with E-state index < -0.39 is 0 Å². The molecule has 0 radical (unpaired) electrons. The molecule has 0 aliphatic heterocycles. The quantitative estimate of drug-likeness (QED) is 0.519. The fraction of sp³-hybridized carbons (Fsp3) is 0.741. The Balaban J connectivity index is 1.35. The van der Waals surface area contributed by atoms with Crippen LogP contribution in [0.1, 0.15) is 90.0 Å². The fourth-order valence-electron chi connectivity index (χ4n) is 8.63. The molecule has 29 heavy (non-hydrogen) atoms. The lowest BCUT2D eigenvalue weighted by Crippen LogP contribution is -2.54. The Morgan fingerprint density at radius 1 is 0.897 bits per heavy atom. The number of esters is 1. The third kappa shape index (κ3) is 3.08. The smallest absolute Gasteiger partial charge is 0.302 e. The summed E-state index contributed by atoms with van der Waals surface area (Å²) < 4.78 is 5.82. The second kappa shape index (κ2) is 7.13. The summed E-state index contributed by atoms with van der Waals surface area (Å²) in [4.78, 5) is 11.7. The third-order valence-corrected chi connectivity index (χ3v) is 10.2. The summed E-state index contributed by atoms with van der Waals surface area (Å²) in [5.41, 5.74) is 2.31. The molecule has 4 aliphatic carbocycles. The first-order valence-electron chi connectivity index (χ1n) is 12.1. The van der Waals surface area contributed by atoms with Crippen molar-refractivity contribution in [2.75, 3.05) is 0 Å². The van der Waals surface area contributed by atoms with Crippen molar-refractivity contribution in [3.63, 3.8) is 0 Å². The number of fused-ring (bicyclic) bond motifs is 5. The van der Waals surface area contributed by atoms with Crippen LogP contribution in [0.4, 0.5) is 0 Å². The van der Waals surface area contributed by atoms with E-state index >= 15 is 0 Å². The van der Waals surface area contributed by atoms with Crippen molar-refractivity contribution in [1.82, 2.24) is 0 Å². The van der Waals surface area contributed by atoms with E-state index in [4.69, 9.17) is 4.74 Å². The van der Waals surface area contributed by atoms with Gasteiger partial charge in [0.25, 0.3) is 0 Å². The summed E-state index contributed by atoms with van der Waals surface area (Å²) in [5.74, 6) is 4.05. The average molecular weight is 395 g/mol. The molecule has 0 unspecified atom stereocenters. The second-order valence-electron chi connectivity index (χ2n) is 11.3. The van der Waals surface area contributed by atoms with Gasteiger partial charge in [-0.25, -0.2) is 0 Å². The summed E-state index contributed by atoms with van der Waals surface area (Å²) in [6.07, 6.45) is 12.1. The number of rotatable bonds is 2. The van der Waals surface area contributed by atoms with E-state index in [2.05, 4.69) is 44.2 Å². The first-order chi connectivity index (χ1) is 13.9. The summed E-state index contributed by atoms with van der Waals surface area (Å²) >= 11 is 0. The number of benzene rings is 1. The van der Waals surface area contributed by atoms with E-state index in [9.17, 15) is 4.79 Å². The Labute approximate surface area is 176 Å². The van der Waals surface area contributed by atoms with E-state index in [1.807, 2.05) is 0 Å². The molecular formula is C27H38O2. The monoisotopic (exact) mass is 394 g/mol. The van der Waals surface area contributed by atoms with Gasteiger partial charge < -0.3 is 4.74 Å². The molecule has 0 N–H and O–H groups in total. The van der Waals surface area contributed by atoms with E-state index in [0.29, 0.717) is 5.41 Å². The van der Waals surface area contributed by atoms with E-state index in [1.54, 1.807) is 12.5 Å². The van der Waals surface area contributed by atoms with Gasteiger partial charge >= 0.3 is 5.97 Å². The molecule has 2 heteroatoms. The van der Waals surface area contributed by atoms with Crippen LogP contribution < -0.4 is 0 Å². The Hall–Kier alpha value is -1.31. The van der Waals surface area contributed by atoms with E-state index in [-0.39, 0.29) is 17.5 Å². The van der Waals surface area contributed by atoms with Crippen LogP contribution in [0.25, 0.3) is 0 Å². The molecule has 1 aromatic rings. The largest absolute Gasteiger partial charge is 0.462 e. The maximum Gasteiger partial charge on any atom is 0.302 e. The number of hydrogen-bond donors (Lipinski definition) is 0.